The number of ketones is 2. The molecule has 2 aromatic carbocycles. The monoisotopic (exact) mass is 622 g/mol. The molecule has 0 spiro atoms. The first-order valence-electron chi connectivity index (χ1n) is 12.6. The van der Waals surface area contributed by atoms with E-state index in [9.17, 15) is 41.1 Å². The van der Waals surface area contributed by atoms with Crippen LogP contribution >= 0.6 is 23.2 Å². The zero-order chi connectivity index (χ0) is 31.0. The molecule has 0 aliphatic carbocycles. The highest BCUT2D eigenvalue weighted by molar-refractivity contribution is 6.42. The highest BCUT2D eigenvalue weighted by Gasteiger charge is 2.51. The van der Waals surface area contributed by atoms with Gasteiger partial charge in [0.05, 0.1) is 16.1 Å². The van der Waals surface area contributed by atoms with Crippen LogP contribution in [-0.4, -0.2) is 48.1 Å². The second-order valence-electron chi connectivity index (χ2n) is 9.82. The SMILES string of the molecule is CC(C)[C@H](CC(=O)[C@H](Cc1ccccc1)NC(=O)CCc1ccc(Cl)c(Cl)c1)C(=O)C(F)(F)C(=O)NCC(F)(F)F. The molecule has 2 atom stereocenters. The Bertz CT molecular complexity index is 1240. The molecule has 2 rings (SSSR count). The number of hydrogen-bond donors (Lipinski definition) is 2. The third kappa shape index (κ3) is 10.7. The first-order valence-corrected chi connectivity index (χ1v) is 13.3. The van der Waals surface area contributed by atoms with E-state index >= 15 is 0 Å². The van der Waals surface area contributed by atoms with Crippen LogP contribution < -0.4 is 10.6 Å². The van der Waals surface area contributed by atoms with Gasteiger partial charge >= 0.3 is 12.1 Å². The summed E-state index contributed by atoms with van der Waals surface area (Å²) >= 11 is 11.9. The van der Waals surface area contributed by atoms with Gasteiger partial charge in [-0.25, -0.2) is 0 Å². The maximum absolute atomic E-state index is 14.6. The summed E-state index contributed by atoms with van der Waals surface area (Å²) in [5.41, 5.74) is 1.34. The minimum Gasteiger partial charge on any atom is -0.346 e. The Labute approximate surface area is 244 Å². The van der Waals surface area contributed by atoms with Gasteiger partial charge in [0, 0.05) is 18.8 Å². The van der Waals surface area contributed by atoms with Gasteiger partial charge in [-0.2, -0.15) is 22.0 Å². The molecule has 2 aromatic rings. The first-order chi connectivity index (χ1) is 19.0. The zero-order valence-electron chi connectivity index (χ0n) is 22.2. The average Bonchev–Trinajstić information content (AvgIpc) is 2.90. The van der Waals surface area contributed by atoms with Crippen molar-refractivity contribution in [3.8, 4) is 0 Å². The molecular formula is C28H29Cl2F5N2O4. The molecule has 6 nitrogen and oxygen atoms in total. The van der Waals surface area contributed by atoms with Crippen molar-refractivity contribution in [2.45, 2.75) is 57.7 Å². The molecule has 0 fully saturated rings. The fourth-order valence-electron chi connectivity index (χ4n) is 3.94. The number of carbonyl (C=O) groups excluding carboxylic acids is 4. The molecule has 0 bridgehead atoms. The summed E-state index contributed by atoms with van der Waals surface area (Å²) in [4.78, 5) is 50.5. The Balaban J connectivity index is 2.19. The molecule has 41 heavy (non-hydrogen) atoms. The summed E-state index contributed by atoms with van der Waals surface area (Å²) in [6.07, 6.45) is -5.56. The Hall–Kier alpha value is -3.05. The quantitative estimate of drug-likeness (QED) is 0.207. The first kappa shape index (κ1) is 34.2. The third-order valence-electron chi connectivity index (χ3n) is 6.24. The van der Waals surface area contributed by atoms with E-state index in [-0.39, 0.29) is 19.3 Å². The van der Waals surface area contributed by atoms with Gasteiger partial charge in [0.2, 0.25) is 11.7 Å². The smallest absolute Gasteiger partial charge is 0.346 e. The maximum Gasteiger partial charge on any atom is 0.405 e. The van der Waals surface area contributed by atoms with Crippen molar-refractivity contribution in [3.63, 3.8) is 0 Å². The van der Waals surface area contributed by atoms with Crippen LogP contribution in [0.3, 0.4) is 0 Å². The Kier molecular flexibility index (Phi) is 12.3. The van der Waals surface area contributed by atoms with Crippen molar-refractivity contribution in [2.24, 2.45) is 11.8 Å². The number of hydrogen-bond acceptors (Lipinski definition) is 4. The van der Waals surface area contributed by atoms with Crippen LogP contribution in [0.1, 0.15) is 37.8 Å². The topological polar surface area (TPSA) is 92.3 Å². The van der Waals surface area contributed by atoms with Crippen LogP contribution in [0.15, 0.2) is 48.5 Å². The van der Waals surface area contributed by atoms with Crippen LogP contribution in [0.4, 0.5) is 22.0 Å². The molecule has 0 aliphatic rings. The summed E-state index contributed by atoms with van der Waals surface area (Å²) < 4.78 is 66.3. The second-order valence-corrected chi connectivity index (χ2v) is 10.6. The predicted octanol–water partition coefficient (Wildman–Crippen LogP) is 5.77. The maximum atomic E-state index is 14.6. The Morgan fingerprint density at radius 3 is 2.07 bits per heavy atom. The molecule has 0 aromatic heterocycles. The highest BCUT2D eigenvalue weighted by atomic mass is 35.5. The summed E-state index contributed by atoms with van der Waals surface area (Å²) in [6, 6.07) is 12.1. The Morgan fingerprint density at radius 2 is 1.51 bits per heavy atom. The summed E-state index contributed by atoms with van der Waals surface area (Å²) in [5, 5.41) is 4.25. The van der Waals surface area contributed by atoms with Gasteiger partial charge in [0.1, 0.15) is 6.54 Å². The number of rotatable bonds is 14. The van der Waals surface area contributed by atoms with E-state index in [4.69, 9.17) is 23.2 Å². The van der Waals surface area contributed by atoms with E-state index in [1.165, 1.54) is 13.8 Å². The number of nitrogens with one attached hydrogen (secondary N) is 2. The van der Waals surface area contributed by atoms with Gasteiger partial charge in [-0.1, -0.05) is 73.4 Å². The van der Waals surface area contributed by atoms with Crippen LogP contribution in [-0.2, 0) is 32.0 Å². The minimum absolute atomic E-state index is 0.0142. The van der Waals surface area contributed by atoms with Gasteiger partial charge in [-0.15, -0.1) is 0 Å². The third-order valence-corrected chi connectivity index (χ3v) is 6.98. The van der Waals surface area contributed by atoms with E-state index < -0.39 is 66.3 Å². The fraction of sp³-hybridized carbons (Fsp3) is 0.429. The number of Topliss-reactive ketones (excluding diaryl/α,β-unsaturated/α-hetero) is 2. The van der Waals surface area contributed by atoms with Crippen molar-refractivity contribution in [3.05, 3.63) is 69.7 Å². The van der Waals surface area contributed by atoms with Crippen molar-refractivity contribution in [1.82, 2.24) is 10.6 Å². The molecule has 224 valence electrons. The minimum atomic E-state index is -4.97. The zero-order valence-corrected chi connectivity index (χ0v) is 23.7. The van der Waals surface area contributed by atoms with Gasteiger partial charge in [0.15, 0.2) is 5.78 Å². The Morgan fingerprint density at radius 1 is 0.878 bits per heavy atom. The van der Waals surface area contributed by atoms with E-state index in [1.807, 2.05) is 0 Å². The predicted molar refractivity (Wildman–Crippen MR) is 144 cm³/mol. The number of benzene rings is 2. The number of alkyl halides is 5. The molecule has 0 unspecified atom stereocenters. The lowest BCUT2D eigenvalue weighted by Gasteiger charge is -2.26. The van der Waals surface area contributed by atoms with Gasteiger partial charge in [-0.05, 0) is 42.0 Å². The standard InChI is InChI=1S/C28H29Cl2F5N2O4/c1-16(2)19(25(40)28(34,35)26(41)36-15-27(31,32)33)14-23(38)22(13-17-6-4-3-5-7-17)37-24(39)11-9-18-8-10-20(29)21(30)12-18/h3-8,10,12,16,19,22H,9,11,13-15H2,1-2H3,(H,36,41)(H,37,39)/t19-,22-/m0/s1. The average molecular weight is 623 g/mol. The lowest BCUT2D eigenvalue weighted by Crippen LogP contribution is -2.52. The van der Waals surface area contributed by atoms with Crippen molar-refractivity contribution in [2.75, 3.05) is 6.54 Å². The largest absolute Gasteiger partial charge is 0.405 e. The second kappa shape index (κ2) is 14.7. The number of amides is 2. The molecular weight excluding hydrogens is 594 g/mol. The van der Waals surface area contributed by atoms with Crippen molar-refractivity contribution in [1.29, 1.82) is 0 Å². The lowest BCUT2D eigenvalue weighted by molar-refractivity contribution is -0.167. The van der Waals surface area contributed by atoms with Crippen LogP contribution in [0.25, 0.3) is 0 Å². The van der Waals surface area contributed by atoms with E-state index in [2.05, 4.69) is 5.32 Å². The van der Waals surface area contributed by atoms with E-state index in [0.717, 1.165) is 5.32 Å². The van der Waals surface area contributed by atoms with Crippen LogP contribution in [0.2, 0.25) is 10.0 Å². The fourth-order valence-corrected chi connectivity index (χ4v) is 4.26. The summed E-state index contributed by atoms with van der Waals surface area (Å²) in [7, 11) is 0. The molecule has 0 aliphatic heterocycles. The van der Waals surface area contributed by atoms with Crippen LogP contribution in [0, 0.1) is 11.8 Å². The molecule has 0 saturated carbocycles. The molecule has 0 heterocycles. The van der Waals surface area contributed by atoms with Crippen molar-refractivity contribution >= 4 is 46.6 Å². The van der Waals surface area contributed by atoms with E-state index in [1.54, 1.807) is 48.5 Å². The van der Waals surface area contributed by atoms with Gasteiger partial charge in [-0.3, -0.25) is 19.2 Å². The molecule has 0 saturated heterocycles. The number of aryl methyl sites for hydroxylation is 1. The molecule has 2 N–H and O–H groups in total. The van der Waals surface area contributed by atoms with Gasteiger partial charge in [0.25, 0.3) is 5.91 Å². The normalized spacial score (nSPS) is 13.4. The van der Waals surface area contributed by atoms with Crippen molar-refractivity contribution < 1.29 is 41.1 Å². The van der Waals surface area contributed by atoms with Gasteiger partial charge < -0.3 is 10.6 Å². The molecule has 0 radical (unpaired) electrons. The molecule has 13 heteroatoms. The lowest BCUT2D eigenvalue weighted by atomic mass is 9.82. The van der Waals surface area contributed by atoms with Crippen LogP contribution in [0.5, 0.6) is 0 Å². The number of carbonyl (C=O) groups is 4. The van der Waals surface area contributed by atoms with E-state index in [0.29, 0.717) is 21.2 Å². The molecule has 2 amide bonds. The summed E-state index contributed by atoms with van der Waals surface area (Å²) in [6.45, 7) is 0.677. The summed E-state index contributed by atoms with van der Waals surface area (Å²) in [5.74, 6) is -13.1. The number of halogens is 7. The highest BCUT2D eigenvalue weighted by Crippen LogP contribution is 2.29.